The van der Waals surface area contributed by atoms with Crippen molar-refractivity contribution < 1.29 is 44.9 Å². The van der Waals surface area contributed by atoms with Crippen LogP contribution in [0.3, 0.4) is 0 Å². The lowest BCUT2D eigenvalue weighted by Gasteiger charge is -2.40. The van der Waals surface area contributed by atoms with E-state index in [0.717, 1.165) is 44.9 Å². The van der Waals surface area contributed by atoms with Crippen LogP contribution in [0.1, 0.15) is 322 Å². The highest BCUT2D eigenvalue weighted by Crippen LogP contribution is 2.24. The smallest absolute Gasteiger partial charge is 0.220 e. The zero-order chi connectivity index (χ0) is 51.7. The molecule has 1 saturated heterocycles. The van der Waals surface area contributed by atoms with Crippen molar-refractivity contribution in [3.8, 4) is 0 Å². The molecule has 1 fully saturated rings. The quantitative estimate of drug-likeness (QED) is 0.0293. The molecule has 1 heterocycles. The minimum atomic E-state index is -1.60. The molecule has 1 aliphatic heterocycles. The molecule has 8 atom stereocenters. The molecule has 0 saturated carbocycles. The summed E-state index contributed by atoms with van der Waals surface area (Å²) in [6.45, 7) is 3.64. The van der Waals surface area contributed by atoms with Crippen LogP contribution in [0.5, 0.6) is 0 Å². The minimum Gasteiger partial charge on any atom is -0.394 e. The second-order valence-corrected chi connectivity index (χ2v) is 22.4. The van der Waals surface area contributed by atoms with Gasteiger partial charge in [0.25, 0.3) is 0 Å². The third kappa shape index (κ3) is 40.1. The van der Waals surface area contributed by atoms with Gasteiger partial charge in [0.2, 0.25) is 5.91 Å². The average molecular weight is 1010 g/mol. The Morgan fingerprint density at radius 2 is 0.732 bits per heavy atom. The van der Waals surface area contributed by atoms with Gasteiger partial charge in [-0.25, -0.2) is 0 Å². The highest BCUT2D eigenvalue weighted by Gasteiger charge is 2.44. The number of carbonyl (C=O) groups is 1. The lowest BCUT2D eigenvalue weighted by molar-refractivity contribution is -0.303. The minimum absolute atomic E-state index is 0.251. The first kappa shape index (κ1) is 68.2. The average Bonchev–Trinajstić information content (AvgIpc) is 3.37. The molecule has 0 aromatic heterocycles. The number of hydrogen-bond donors (Lipinski definition) is 7. The van der Waals surface area contributed by atoms with Crippen molar-refractivity contribution >= 4 is 5.91 Å². The number of aliphatic hydroxyl groups is 6. The van der Waals surface area contributed by atoms with Crippen LogP contribution < -0.4 is 5.32 Å². The first-order chi connectivity index (χ1) is 34.8. The van der Waals surface area contributed by atoms with E-state index >= 15 is 0 Å². The monoisotopic (exact) mass is 1010 g/mol. The van der Waals surface area contributed by atoms with Gasteiger partial charge >= 0.3 is 0 Å². The van der Waals surface area contributed by atoms with E-state index in [0.29, 0.717) is 6.42 Å². The molecule has 0 aromatic carbocycles. The van der Waals surface area contributed by atoms with Crippen molar-refractivity contribution in [2.24, 2.45) is 0 Å². The van der Waals surface area contributed by atoms with Gasteiger partial charge in [-0.3, -0.25) is 4.79 Å². The second kappa shape index (κ2) is 51.3. The maximum atomic E-state index is 13.1. The van der Waals surface area contributed by atoms with Crippen molar-refractivity contribution in [1.29, 1.82) is 0 Å². The summed E-state index contributed by atoms with van der Waals surface area (Å²) in [6, 6.07) is -0.986. The summed E-state index contributed by atoms with van der Waals surface area (Å²) in [5, 5.41) is 65.4. The number of amides is 1. The van der Waals surface area contributed by atoms with Crippen molar-refractivity contribution in [1.82, 2.24) is 5.32 Å². The van der Waals surface area contributed by atoms with Gasteiger partial charge in [-0.15, -0.1) is 0 Å². The molecule has 0 aliphatic carbocycles. The third-order valence-electron chi connectivity index (χ3n) is 15.6. The van der Waals surface area contributed by atoms with E-state index in [2.05, 4.69) is 19.2 Å². The van der Waals surface area contributed by atoms with Crippen LogP contribution in [0.4, 0.5) is 0 Å². The van der Waals surface area contributed by atoms with Gasteiger partial charge in [0.1, 0.15) is 30.5 Å². The van der Waals surface area contributed by atoms with Gasteiger partial charge in [-0.05, 0) is 12.8 Å². The van der Waals surface area contributed by atoms with Crippen molar-refractivity contribution in [2.75, 3.05) is 13.2 Å². The number of hydrogen-bond acceptors (Lipinski definition) is 9. The molecule has 71 heavy (non-hydrogen) atoms. The van der Waals surface area contributed by atoms with Crippen LogP contribution in [0.2, 0.25) is 0 Å². The second-order valence-electron chi connectivity index (χ2n) is 22.4. The Morgan fingerprint density at radius 1 is 0.437 bits per heavy atom. The predicted molar refractivity (Wildman–Crippen MR) is 297 cm³/mol. The normalized spacial score (nSPS) is 19.6. The number of aliphatic hydroxyl groups excluding tert-OH is 6. The van der Waals surface area contributed by atoms with Crippen LogP contribution in [0.15, 0.2) is 0 Å². The fourth-order valence-electron chi connectivity index (χ4n) is 10.6. The van der Waals surface area contributed by atoms with Gasteiger partial charge < -0.3 is 45.4 Å². The SMILES string of the molecule is CCCCCCCCCCCCCCCCCCCCCCCCCCCCCCCCCCCCCC(=O)N[C@@H](CO[C@@H]1O[C@H](CO)[C@H](O)C(O)C1O)[C@H](O)[C@H](O)CCCCCCCCCCCCC. The maximum Gasteiger partial charge on any atom is 0.220 e. The summed E-state index contributed by atoms with van der Waals surface area (Å²) in [4.78, 5) is 13.1. The molecular formula is C61H121NO9. The Hall–Kier alpha value is -0.850. The van der Waals surface area contributed by atoms with Gasteiger partial charge in [-0.1, -0.05) is 303 Å². The Kier molecular flexibility index (Phi) is 49.2. The molecule has 0 radical (unpaired) electrons. The van der Waals surface area contributed by atoms with E-state index in [1.54, 1.807) is 0 Å². The zero-order valence-corrected chi connectivity index (χ0v) is 46.9. The fraction of sp³-hybridized carbons (Fsp3) is 0.984. The first-order valence-electron chi connectivity index (χ1n) is 31.3. The number of rotatable bonds is 55. The molecule has 1 amide bonds. The van der Waals surface area contributed by atoms with Crippen molar-refractivity contribution in [3.63, 3.8) is 0 Å². The number of ether oxygens (including phenoxy) is 2. The van der Waals surface area contributed by atoms with Crippen LogP contribution in [-0.2, 0) is 14.3 Å². The van der Waals surface area contributed by atoms with Crippen molar-refractivity contribution in [2.45, 2.75) is 371 Å². The van der Waals surface area contributed by atoms with E-state index in [9.17, 15) is 35.4 Å². The fourth-order valence-corrected chi connectivity index (χ4v) is 10.6. The third-order valence-corrected chi connectivity index (χ3v) is 15.6. The highest BCUT2D eigenvalue weighted by molar-refractivity contribution is 5.76. The van der Waals surface area contributed by atoms with Gasteiger partial charge in [0.15, 0.2) is 6.29 Å². The number of unbranched alkanes of at least 4 members (excludes halogenated alkanes) is 44. The molecule has 1 aliphatic rings. The molecule has 10 nitrogen and oxygen atoms in total. The molecule has 7 N–H and O–H groups in total. The summed E-state index contributed by atoms with van der Waals surface area (Å²) in [5.74, 6) is -0.251. The summed E-state index contributed by atoms with van der Waals surface area (Å²) >= 11 is 0. The molecular weight excluding hydrogens is 891 g/mol. The van der Waals surface area contributed by atoms with E-state index in [-0.39, 0.29) is 18.9 Å². The molecule has 424 valence electrons. The van der Waals surface area contributed by atoms with Crippen LogP contribution in [-0.4, -0.2) is 98.7 Å². The van der Waals surface area contributed by atoms with E-state index in [1.165, 1.54) is 250 Å². The molecule has 0 bridgehead atoms. The number of carbonyl (C=O) groups excluding carboxylic acids is 1. The lowest BCUT2D eigenvalue weighted by Crippen LogP contribution is -2.60. The summed E-state index contributed by atoms with van der Waals surface area (Å²) in [6.07, 6.45) is 51.7. The van der Waals surface area contributed by atoms with Crippen LogP contribution >= 0.6 is 0 Å². The van der Waals surface area contributed by atoms with Crippen LogP contribution in [0.25, 0.3) is 0 Å². The maximum absolute atomic E-state index is 13.1. The largest absolute Gasteiger partial charge is 0.394 e. The number of nitrogens with one attached hydrogen (secondary N) is 1. The summed E-state index contributed by atoms with van der Waals surface area (Å²) in [5.41, 5.74) is 0. The van der Waals surface area contributed by atoms with E-state index in [4.69, 9.17) is 9.47 Å². The Labute approximate surface area is 438 Å². The summed E-state index contributed by atoms with van der Waals surface area (Å²) in [7, 11) is 0. The van der Waals surface area contributed by atoms with E-state index < -0.39 is 55.6 Å². The first-order valence-corrected chi connectivity index (χ1v) is 31.3. The Morgan fingerprint density at radius 3 is 1.04 bits per heavy atom. The molecule has 0 aromatic rings. The van der Waals surface area contributed by atoms with Gasteiger partial charge in [-0.2, -0.15) is 0 Å². The molecule has 0 spiro atoms. The van der Waals surface area contributed by atoms with Crippen molar-refractivity contribution in [3.05, 3.63) is 0 Å². The standard InChI is InChI=1S/C61H121NO9/c1-3-5-7-9-11-13-15-16-17-18-19-20-21-22-23-24-25-26-27-28-29-30-31-32-33-34-35-36-37-38-40-42-44-46-48-50-56(65)62-53(52-70-61-60(69)59(68)58(67)55(51-63)71-61)57(66)54(64)49-47-45-43-41-39-14-12-10-8-6-4-2/h53-55,57-61,63-64,66-69H,3-52H2,1-2H3,(H,62,65)/t53-,54+,55+,57-,58-,59?,60?,61+/m0/s1. The topological polar surface area (TPSA) is 169 Å². The van der Waals surface area contributed by atoms with Gasteiger partial charge in [0.05, 0.1) is 25.4 Å². The zero-order valence-electron chi connectivity index (χ0n) is 46.9. The Balaban J connectivity index is 2.06. The van der Waals surface area contributed by atoms with Crippen LogP contribution in [0, 0.1) is 0 Å². The molecule has 10 heteroatoms. The summed E-state index contributed by atoms with van der Waals surface area (Å²) < 4.78 is 11.2. The predicted octanol–water partition coefficient (Wildman–Crippen LogP) is 14.8. The molecule has 2 unspecified atom stereocenters. The molecule has 1 rings (SSSR count). The lowest BCUT2D eigenvalue weighted by atomic mass is 9.98. The highest BCUT2D eigenvalue weighted by atomic mass is 16.7. The van der Waals surface area contributed by atoms with Gasteiger partial charge in [0, 0.05) is 6.42 Å². The van der Waals surface area contributed by atoms with E-state index in [1.807, 2.05) is 0 Å². The Bertz CT molecular complexity index is 1100.